The van der Waals surface area contributed by atoms with Gasteiger partial charge in [0, 0.05) is 27.9 Å². The number of nitrogens with zero attached hydrogens (tertiary/aromatic N) is 1. The first-order valence-electron chi connectivity index (χ1n) is 8.38. The van der Waals surface area contributed by atoms with E-state index < -0.39 is 0 Å². The quantitative estimate of drug-likeness (QED) is 0.600. The first kappa shape index (κ1) is 17.0. The maximum absolute atomic E-state index is 12.4. The number of fused-ring (bicyclic) bond motifs is 1. The fourth-order valence-corrected chi connectivity index (χ4v) is 4.71. The van der Waals surface area contributed by atoms with Crippen LogP contribution >= 0.6 is 11.3 Å². The van der Waals surface area contributed by atoms with Gasteiger partial charge in [-0.2, -0.15) is 0 Å². The largest absolute Gasteiger partial charge is 0.453 e. The Bertz CT molecular complexity index is 776. The average molecular weight is 345 g/mol. The topological polar surface area (TPSA) is 48.3 Å². The summed E-state index contributed by atoms with van der Waals surface area (Å²) in [4.78, 5) is 26.5. The fraction of sp³-hybridized carbons (Fsp3) is 0.474. The Morgan fingerprint density at radius 2 is 2.00 bits per heavy atom. The second kappa shape index (κ2) is 6.55. The van der Waals surface area contributed by atoms with Crippen molar-refractivity contribution in [1.82, 2.24) is 4.57 Å². The molecular weight excluding hydrogens is 322 g/mol. The van der Waals surface area contributed by atoms with E-state index in [1.54, 1.807) is 0 Å². The molecule has 24 heavy (non-hydrogen) atoms. The molecule has 1 aliphatic carbocycles. The number of Topliss-reactive ketones (excluding diaryl/α,β-unsaturated/α-hetero) is 1. The zero-order chi connectivity index (χ0) is 17.4. The number of carbonyl (C=O) groups excluding carboxylic acids is 2. The van der Waals surface area contributed by atoms with Crippen molar-refractivity contribution in [3.05, 3.63) is 44.4 Å². The SMILES string of the molecule is Cc1cc(C(=O)COC(=O)c2cc3c(s2)CCC3)c(C)n1C(C)C. The van der Waals surface area contributed by atoms with Crippen LogP contribution < -0.4 is 0 Å². The molecule has 0 bridgehead atoms. The molecule has 3 rings (SSSR count). The van der Waals surface area contributed by atoms with Crippen LogP contribution in [0.1, 0.15) is 68.2 Å². The van der Waals surface area contributed by atoms with Crippen LogP contribution in [0.4, 0.5) is 0 Å². The fourth-order valence-electron chi connectivity index (χ4n) is 3.56. The Morgan fingerprint density at radius 1 is 1.25 bits per heavy atom. The van der Waals surface area contributed by atoms with Gasteiger partial charge in [0.15, 0.2) is 6.61 Å². The van der Waals surface area contributed by atoms with Crippen LogP contribution in [-0.4, -0.2) is 22.9 Å². The first-order chi connectivity index (χ1) is 11.4. The highest BCUT2D eigenvalue weighted by atomic mass is 32.1. The van der Waals surface area contributed by atoms with Gasteiger partial charge < -0.3 is 9.30 Å². The molecule has 128 valence electrons. The molecule has 2 aromatic heterocycles. The maximum atomic E-state index is 12.4. The summed E-state index contributed by atoms with van der Waals surface area (Å²) >= 11 is 1.50. The van der Waals surface area contributed by atoms with Crippen molar-refractivity contribution in [3.63, 3.8) is 0 Å². The first-order valence-corrected chi connectivity index (χ1v) is 9.20. The van der Waals surface area contributed by atoms with Crippen molar-refractivity contribution in [1.29, 1.82) is 0 Å². The molecule has 4 nitrogen and oxygen atoms in total. The molecule has 0 aliphatic heterocycles. The lowest BCUT2D eigenvalue weighted by Crippen LogP contribution is -2.14. The molecule has 0 unspecified atom stereocenters. The molecule has 0 amide bonds. The van der Waals surface area contributed by atoms with E-state index >= 15 is 0 Å². The van der Waals surface area contributed by atoms with Gasteiger partial charge in [-0.05, 0) is 64.7 Å². The van der Waals surface area contributed by atoms with E-state index in [9.17, 15) is 9.59 Å². The third kappa shape index (κ3) is 3.05. The summed E-state index contributed by atoms with van der Waals surface area (Å²) in [6.45, 7) is 7.90. The molecule has 5 heteroatoms. The second-order valence-electron chi connectivity index (χ2n) is 6.66. The van der Waals surface area contributed by atoms with E-state index in [1.165, 1.54) is 28.2 Å². The molecule has 0 N–H and O–H groups in total. The van der Waals surface area contributed by atoms with E-state index in [0.717, 1.165) is 24.2 Å². The Balaban J connectivity index is 1.67. The highest BCUT2D eigenvalue weighted by Crippen LogP contribution is 2.31. The summed E-state index contributed by atoms with van der Waals surface area (Å²) in [7, 11) is 0. The number of hydrogen-bond donors (Lipinski definition) is 0. The van der Waals surface area contributed by atoms with Crippen LogP contribution in [0.15, 0.2) is 12.1 Å². The van der Waals surface area contributed by atoms with Crippen LogP contribution in [0.3, 0.4) is 0 Å². The summed E-state index contributed by atoms with van der Waals surface area (Å²) in [5.41, 5.74) is 3.88. The molecule has 0 saturated carbocycles. The molecule has 0 aromatic carbocycles. The van der Waals surface area contributed by atoms with Crippen LogP contribution in [0.5, 0.6) is 0 Å². The van der Waals surface area contributed by atoms with Crippen molar-refractivity contribution in [2.24, 2.45) is 0 Å². The van der Waals surface area contributed by atoms with Gasteiger partial charge in [-0.15, -0.1) is 11.3 Å². The van der Waals surface area contributed by atoms with Crippen LogP contribution in [0, 0.1) is 13.8 Å². The molecule has 0 atom stereocenters. The van der Waals surface area contributed by atoms with Gasteiger partial charge >= 0.3 is 5.97 Å². The summed E-state index contributed by atoms with van der Waals surface area (Å²) in [6, 6.07) is 4.10. The molecular formula is C19H23NO3S. The molecule has 2 aromatic rings. The van der Waals surface area contributed by atoms with Crippen molar-refractivity contribution in [2.45, 2.75) is 53.0 Å². The Morgan fingerprint density at radius 3 is 2.62 bits per heavy atom. The van der Waals surface area contributed by atoms with Crippen molar-refractivity contribution < 1.29 is 14.3 Å². The molecule has 0 saturated heterocycles. The summed E-state index contributed by atoms with van der Waals surface area (Å²) in [5.74, 6) is -0.534. The number of esters is 1. The molecule has 0 radical (unpaired) electrons. The molecule has 2 heterocycles. The highest BCUT2D eigenvalue weighted by molar-refractivity contribution is 7.14. The average Bonchev–Trinajstić information content (AvgIpc) is 3.17. The predicted octanol–water partition coefficient (Wildman–Crippen LogP) is 4.28. The van der Waals surface area contributed by atoms with E-state index in [4.69, 9.17) is 4.74 Å². The number of carbonyl (C=O) groups is 2. The maximum Gasteiger partial charge on any atom is 0.348 e. The minimum absolute atomic E-state index is 0.146. The van der Waals surface area contributed by atoms with E-state index in [0.29, 0.717) is 16.5 Å². The molecule has 0 fully saturated rings. The van der Waals surface area contributed by atoms with Gasteiger partial charge in [0.25, 0.3) is 0 Å². The minimum Gasteiger partial charge on any atom is -0.453 e. The predicted molar refractivity (Wildman–Crippen MR) is 95.2 cm³/mol. The van der Waals surface area contributed by atoms with Crippen molar-refractivity contribution in [3.8, 4) is 0 Å². The Kier molecular flexibility index (Phi) is 4.63. The minimum atomic E-state index is -0.389. The molecule has 1 aliphatic rings. The number of thiophene rings is 1. The van der Waals surface area contributed by atoms with Gasteiger partial charge in [-0.1, -0.05) is 0 Å². The van der Waals surface area contributed by atoms with Gasteiger partial charge in [0.05, 0.1) is 0 Å². The Labute approximate surface area is 146 Å². The summed E-state index contributed by atoms with van der Waals surface area (Å²) in [6.07, 6.45) is 3.26. The van der Waals surface area contributed by atoms with E-state index in [-0.39, 0.29) is 18.4 Å². The molecule has 0 spiro atoms. The normalized spacial score (nSPS) is 13.4. The third-order valence-electron chi connectivity index (χ3n) is 4.58. The van der Waals surface area contributed by atoms with Crippen LogP contribution in [-0.2, 0) is 17.6 Å². The van der Waals surface area contributed by atoms with Gasteiger partial charge in [-0.3, -0.25) is 4.79 Å². The summed E-state index contributed by atoms with van der Waals surface area (Å²) < 4.78 is 7.38. The third-order valence-corrected chi connectivity index (χ3v) is 5.80. The highest BCUT2D eigenvalue weighted by Gasteiger charge is 2.22. The number of ketones is 1. The van der Waals surface area contributed by atoms with Crippen molar-refractivity contribution in [2.75, 3.05) is 6.61 Å². The van der Waals surface area contributed by atoms with Crippen LogP contribution in [0.2, 0.25) is 0 Å². The van der Waals surface area contributed by atoms with E-state index in [2.05, 4.69) is 18.4 Å². The second-order valence-corrected chi connectivity index (χ2v) is 7.80. The summed E-state index contributed by atoms with van der Waals surface area (Å²) in [5, 5.41) is 0. The monoisotopic (exact) mass is 345 g/mol. The standard InChI is InChI=1S/C19H23NO3S/c1-11(2)20-12(3)8-15(13(20)4)16(21)10-23-19(22)18-9-14-6-5-7-17(14)24-18/h8-9,11H,5-7,10H2,1-4H3. The Hall–Kier alpha value is -1.88. The van der Waals surface area contributed by atoms with Gasteiger partial charge in [0.2, 0.25) is 5.78 Å². The number of aromatic nitrogens is 1. The zero-order valence-corrected chi connectivity index (χ0v) is 15.5. The number of ether oxygens (including phenoxy) is 1. The zero-order valence-electron chi connectivity index (χ0n) is 14.6. The smallest absolute Gasteiger partial charge is 0.348 e. The number of hydrogen-bond acceptors (Lipinski definition) is 4. The number of aryl methyl sites for hydroxylation is 3. The lowest BCUT2D eigenvalue weighted by Gasteiger charge is -2.13. The number of rotatable bonds is 5. The lowest BCUT2D eigenvalue weighted by atomic mass is 10.1. The van der Waals surface area contributed by atoms with Gasteiger partial charge in [-0.25, -0.2) is 4.79 Å². The van der Waals surface area contributed by atoms with Gasteiger partial charge in [0.1, 0.15) is 4.88 Å². The van der Waals surface area contributed by atoms with E-state index in [1.807, 2.05) is 26.0 Å². The lowest BCUT2D eigenvalue weighted by molar-refractivity contribution is 0.0479. The van der Waals surface area contributed by atoms with Crippen LogP contribution in [0.25, 0.3) is 0 Å². The van der Waals surface area contributed by atoms with Crippen molar-refractivity contribution >= 4 is 23.1 Å².